The van der Waals surface area contributed by atoms with Gasteiger partial charge in [-0.2, -0.15) is 0 Å². The highest BCUT2D eigenvalue weighted by Crippen LogP contribution is 2.18. The van der Waals surface area contributed by atoms with Crippen LogP contribution in [0.5, 0.6) is 0 Å². The van der Waals surface area contributed by atoms with Gasteiger partial charge in [0.25, 0.3) is 0 Å². The van der Waals surface area contributed by atoms with Crippen LogP contribution < -0.4 is 0 Å². The Morgan fingerprint density at radius 1 is 0.267 bits per heavy atom. The molecular formula is C69H128O6. The largest absolute Gasteiger partial charge is 0.462 e. The molecule has 440 valence electrons. The predicted octanol–water partition coefficient (Wildman–Crippen LogP) is 22.8. The van der Waals surface area contributed by atoms with Crippen LogP contribution in [0.4, 0.5) is 0 Å². The fourth-order valence-electron chi connectivity index (χ4n) is 10.1. The number of rotatable bonds is 62. The second kappa shape index (κ2) is 64.2. The van der Waals surface area contributed by atoms with Crippen molar-refractivity contribution in [1.82, 2.24) is 0 Å². The zero-order valence-corrected chi connectivity index (χ0v) is 50.6. The second-order valence-electron chi connectivity index (χ2n) is 22.7. The summed E-state index contributed by atoms with van der Waals surface area (Å²) in [5, 5.41) is 0. The SMILES string of the molecule is CCCCCCC/C=C\C/C=C\CCCCCCCCCCCCCCCCCC(=O)OCC(COC(=O)CCCCCCC)OC(=O)CCCCCCCCCCCCCCC/C=C\CCCCCCCCCC. The minimum Gasteiger partial charge on any atom is -0.462 e. The Morgan fingerprint density at radius 2 is 0.480 bits per heavy atom. The van der Waals surface area contributed by atoms with Crippen molar-refractivity contribution in [3.63, 3.8) is 0 Å². The third-order valence-electron chi connectivity index (χ3n) is 15.1. The molecule has 6 heteroatoms. The normalized spacial score (nSPS) is 12.2. The van der Waals surface area contributed by atoms with Crippen LogP contribution in [-0.4, -0.2) is 37.2 Å². The van der Waals surface area contributed by atoms with E-state index in [-0.39, 0.29) is 31.1 Å². The van der Waals surface area contributed by atoms with Crippen molar-refractivity contribution in [2.45, 2.75) is 374 Å². The van der Waals surface area contributed by atoms with Crippen molar-refractivity contribution >= 4 is 17.9 Å². The molecule has 0 aliphatic heterocycles. The molecule has 1 unspecified atom stereocenters. The molecule has 0 aromatic rings. The molecule has 0 spiro atoms. The van der Waals surface area contributed by atoms with Crippen LogP contribution in [0.25, 0.3) is 0 Å². The van der Waals surface area contributed by atoms with Gasteiger partial charge in [0.2, 0.25) is 0 Å². The summed E-state index contributed by atoms with van der Waals surface area (Å²) in [6.07, 6.45) is 79.3. The Labute approximate surface area is 467 Å². The topological polar surface area (TPSA) is 78.9 Å². The summed E-state index contributed by atoms with van der Waals surface area (Å²) in [6, 6.07) is 0. The second-order valence-corrected chi connectivity index (χ2v) is 22.7. The first-order valence-corrected chi connectivity index (χ1v) is 33.5. The van der Waals surface area contributed by atoms with Gasteiger partial charge < -0.3 is 14.2 Å². The Kier molecular flexibility index (Phi) is 62.1. The molecule has 6 nitrogen and oxygen atoms in total. The third kappa shape index (κ3) is 62.4. The molecule has 0 radical (unpaired) electrons. The van der Waals surface area contributed by atoms with E-state index in [0.29, 0.717) is 19.3 Å². The van der Waals surface area contributed by atoms with E-state index in [4.69, 9.17) is 14.2 Å². The first-order chi connectivity index (χ1) is 37.0. The van der Waals surface area contributed by atoms with Gasteiger partial charge in [-0.25, -0.2) is 0 Å². The lowest BCUT2D eigenvalue weighted by atomic mass is 10.0. The van der Waals surface area contributed by atoms with E-state index >= 15 is 0 Å². The highest BCUT2D eigenvalue weighted by Gasteiger charge is 2.19. The van der Waals surface area contributed by atoms with Crippen LogP contribution in [-0.2, 0) is 28.6 Å². The molecule has 0 saturated heterocycles. The fourth-order valence-corrected chi connectivity index (χ4v) is 10.1. The lowest BCUT2D eigenvalue weighted by molar-refractivity contribution is -0.167. The predicted molar refractivity (Wildman–Crippen MR) is 326 cm³/mol. The Bertz CT molecular complexity index is 1250. The van der Waals surface area contributed by atoms with E-state index in [2.05, 4.69) is 57.2 Å². The molecule has 75 heavy (non-hydrogen) atoms. The zero-order chi connectivity index (χ0) is 54.3. The van der Waals surface area contributed by atoms with Gasteiger partial charge in [0.1, 0.15) is 13.2 Å². The molecule has 0 bridgehead atoms. The Morgan fingerprint density at radius 3 is 0.747 bits per heavy atom. The number of carbonyl (C=O) groups is 3. The highest BCUT2D eigenvalue weighted by molar-refractivity contribution is 5.71. The maximum Gasteiger partial charge on any atom is 0.306 e. The first-order valence-electron chi connectivity index (χ1n) is 33.5. The van der Waals surface area contributed by atoms with E-state index in [9.17, 15) is 14.4 Å². The first kappa shape index (κ1) is 72.6. The number of hydrogen-bond acceptors (Lipinski definition) is 6. The maximum atomic E-state index is 12.8. The smallest absolute Gasteiger partial charge is 0.306 e. The zero-order valence-electron chi connectivity index (χ0n) is 50.6. The summed E-state index contributed by atoms with van der Waals surface area (Å²) >= 11 is 0. The number of hydrogen-bond donors (Lipinski definition) is 0. The minimum absolute atomic E-state index is 0.0684. The molecule has 0 rings (SSSR count). The van der Waals surface area contributed by atoms with Gasteiger partial charge in [-0.3, -0.25) is 14.4 Å². The van der Waals surface area contributed by atoms with Crippen LogP contribution in [0.1, 0.15) is 367 Å². The monoisotopic (exact) mass is 1050 g/mol. The third-order valence-corrected chi connectivity index (χ3v) is 15.1. The molecule has 0 N–H and O–H groups in total. The average molecular weight is 1050 g/mol. The van der Waals surface area contributed by atoms with Gasteiger partial charge in [0.15, 0.2) is 6.10 Å². The van der Waals surface area contributed by atoms with E-state index in [1.807, 2.05) is 0 Å². The van der Waals surface area contributed by atoms with Crippen molar-refractivity contribution in [3.8, 4) is 0 Å². The van der Waals surface area contributed by atoms with Gasteiger partial charge in [-0.05, 0) is 77.0 Å². The van der Waals surface area contributed by atoms with Crippen LogP contribution in [0.3, 0.4) is 0 Å². The maximum absolute atomic E-state index is 12.8. The summed E-state index contributed by atoms with van der Waals surface area (Å²) < 4.78 is 16.8. The number of unbranched alkanes of at least 4 members (excludes halogenated alkanes) is 45. The molecule has 0 aromatic carbocycles. The summed E-state index contributed by atoms with van der Waals surface area (Å²) in [5.41, 5.74) is 0. The summed E-state index contributed by atoms with van der Waals surface area (Å²) in [4.78, 5) is 38.0. The number of carbonyl (C=O) groups excluding carboxylic acids is 3. The van der Waals surface area contributed by atoms with Crippen LogP contribution in [0.2, 0.25) is 0 Å². The molecule has 0 aliphatic carbocycles. The van der Waals surface area contributed by atoms with Crippen molar-refractivity contribution in [2.75, 3.05) is 13.2 Å². The van der Waals surface area contributed by atoms with E-state index in [1.54, 1.807) is 0 Å². The number of ether oxygens (including phenoxy) is 3. The minimum atomic E-state index is -0.767. The average Bonchev–Trinajstić information content (AvgIpc) is 3.41. The fraction of sp³-hybridized carbons (Fsp3) is 0.870. The molecule has 1 atom stereocenters. The van der Waals surface area contributed by atoms with Crippen LogP contribution in [0, 0.1) is 0 Å². The highest BCUT2D eigenvalue weighted by atomic mass is 16.6. The summed E-state index contributed by atoms with van der Waals surface area (Å²) in [5.74, 6) is -0.861. The Hall–Kier alpha value is -2.37. The van der Waals surface area contributed by atoms with Gasteiger partial charge >= 0.3 is 17.9 Å². The van der Waals surface area contributed by atoms with Crippen molar-refractivity contribution in [3.05, 3.63) is 36.5 Å². The van der Waals surface area contributed by atoms with Crippen LogP contribution in [0.15, 0.2) is 36.5 Å². The van der Waals surface area contributed by atoms with Crippen LogP contribution >= 0.6 is 0 Å². The van der Waals surface area contributed by atoms with Crippen molar-refractivity contribution < 1.29 is 28.6 Å². The van der Waals surface area contributed by atoms with Crippen molar-refractivity contribution in [2.24, 2.45) is 0 Å². The molecule has 0 amide bonds. The van der Waals surface area contributed by atoms with E-state index in [0.717, 1.165) is 70.6 Å². The number of allylic oxidation sites excluding steroid dienone is 6. The van der Waals surface area contributed by atoms with Gasteiger partial charge in [0, 0.05) is 19.3 Å². The molecular weight excluding hydrogens is 925 g/mol. The van der Waals surface area contributed by atoms with Gasteiger partial charge in [-0.15, -0.1) is 0 Å². The quantitative estimate of drug-likeness (QED) is 0.0261. The Balaban J connectivity index is 3.97. The van der Waals surface area contributed by atoms with E-state index in [1.165, 1.54) is 257 Å². The summed E-state index contributed by atoms with van der Waals surface area (Å²) in [6.45, 7) is 6.60. The van der Waals surface area contributed by atoms with Crippen molar-refractivity contribution in [1.29, 1.82) is 0 Å². The molecule has 0 aromatic heterocycles. The number of esters is 3. The molecule has 0 aliphatic rings. The lowest BCUT2D eigenvalue weighted by Gasteiger charge is -2.18. The van der Waals surface area contributed by atoms with Gasteiger partial charge in [0.05, 0.1) is 0 Å². The summed E-state index contributed by atoms with van der Waals surface area (Å²) in [7, 11) is 0. The van der Waals surface area contributed by atoms with Gasteiger partial charge in [-0.1, -0.05) is 308 Å². The lowest BCUT2D eigenvalue weighted by Crippen LogP contribution is -2.30. The standard InChI is InChI=1S/C69H128O6/c1-4-7-10-13-15-17-19-21-23-25-27-29-31-33-34-36-37-39-41-43-45-47-49-51-53-56-59-62-68(71)74-65-66(64-73-67(70)61-58-55-12-9-6-3)75-69(72)63-60-57-54-52-50-48-46-44-42-40-38-35-32-30-28-26-24-22-20-18-16-14-11-8-5-2/h19,21,25-28,66H,4-18,20,22-24,29-65H2,1-3H3/b21-19-,27-25-,28-26-. The molecule has 0 saturated carbocycles. The van der Waals surface area contributed by atoms with E-state index < -0.39 is 6.10 Å². The molecule has 0 fully saturated rings. The molecule has 0 heterocycles.